The first-order chi connectivity index (χ1) is 12.4. The van der Waals surface area contributed by atoms with E-state index in [2.05, 4.69) is 65.8 Å². The van der Waals surface area contributed by atoms with Crippen LogP contribution in [0.4, 0.5) is 0 Å². The van der Waals surface area contributed by atoms with Gasteiger partial charge in [0, 0.05) is 29.1 Å². The second kappa shape index (κ2) is 7.85. The predicted octanol–water partition coefficient (Wildman–Crippen LogP) is 1.08. The van der Waals surface area contributed by atoms with Crippen molar-refractivity contribution in [1.29, 1.82) is 0 Å². The summed E-state index contributed by atoms with van der Waals surface area (Å²) in [4.78, 5) is 6.93. The molecule has 1 fully saturated rings. The van der Waals surface area contributed by atoms with Gasteiger partial charge in [-0.2, -0.15) is 0 Å². The Labute approximate surface area is 150 Å². The number of nitrogens with one attached hydrogen (secondary N) is 3. The van der Waals surface area contributed by atoms with Crippen molar-refractivity contribution in [3.8, 4) is 0 Å². The molecule has 3 aromatic rings. The molecule has 0 radical (unpaired) electrons. The Bertz CT molecular complexity index is 785. The molecule has 130 valence electrons. The monoisotopic (exact) mass is 335 g/mol. The van der Waals surface area contributed by atoms with Crippen LogP contribution in [0, 0.1) is 0 Å². The van der Waals surface area contributed by atoms with Gasteiger partial charge in [-0.05, 0) is 18.1 Å². The summed E-state index contributed by atoms with van der Waals surface area (Å²) in [5, 5.41) is 1.40. The third-order valence-corrected chi connectivity index (χ3v) is 5.61. The lowest BCUT2D eigenvalue weighted by atomic mass is 10.1. The molecule has 3 nitrogen and oxygen atoms in total. The number of quaternary nitrogens is 2. The molecule has 0 amide bonds. The molecule has 0 saturated carbocycles. The summed E-state index contributed by atoms with van der Waals surface area (Å²) in [6.45, 7) is 7.72. The molecule has 2 aromatic carbocycles. The second-order valence-electron chi connectivity index (χ2n) is 7.38. The number of H-pyrrole nitrogens is 1. The normalized spacial score (nSPS) is 20.8. The van der Waals surface area contributed by atoms with Crippen molar-refractivity contribution in [2.75, 3.05) is 32.7 Å². The molecule has 2 heterocycles. The van der Waals surface area contributed by atoms with Crippen LogP contribution in [0.1, 0.15) is 17.5 Å². The Kier molecular flexibility index (Phi) is 5.14. The van der Waals surface area contributed by atoms with Crippen molar-refractivity contribution in [1.82, 2.24) is 4.98 Å². The Morgan fingerprint density at radius 1 is 0.800 bits per heavy atom. The average Bonchev–Trinajstić information content (AvgIpc) is 3.07. The minimum atomic E-state index is 1.18. The lowest BCUT2D eigenvalue weighted by molar-refractivity contribution is -1.02. The number of aromatic amines is 1. The molecule has 0 unspecified atom stereocenters. The zero-order valence-corrected chi connectivity index (χ0v) is 14.9. The van der Waals surface area contributed by atoms with E-state index >= 15 is 0 Å². The summed E-state index contributed by atoms with van der Waals surface area (Å²) in [5.41, 5.74) is 4.21. The third-order valence-electron chi connectivity index (χ3n) is 5.61. The van der Waals surface area contributed by atoms with Crippen molar-refractivity contribution in [3.63, 3.8) is 0 Å². The highest BCUT2D eigenvalue weighted by Gasteiger charge is 2.22. The number of aryl methyl sites for hydroxylation is 1. The molecule has 0 aliphatic carbocycles. The van der Waals surface area contributed by atoms with Crippen LogP contribution >= 0.6 is 0 Å². The van der Waals surface area contributed by atoms with E-state index in [4.69, 9.17) is 0 Å². The average molecular weight is 335 g/mol. The minimum Gasteiger partial charge on any atom is -0.361 e. The van der Waals surface area contributed by atoms with Gasteiger partial charge in [0.2, 0.25) is 0 Å². The largest absolute Gasteiger partial charge is 0.361 e. The first kappa shape index (κ1) is 16.4. The Morgan fingerprint density at radius 3 is 2.36 bits per heavy atom. The maximum absolute atomic E-state index is 3.40. The van der Waals surface area contributed by atoms with Crippen molar-refractivity contribution in [3.05, 3.63) is 71.9 Å². The first-order valence-corrected chi connectivity index (χ1v) is 9.64. The van der Waals surface area contributed by atoms with Gasteiger partial charge in [-0.25, -0.2) is 0 Å². The Morgan fingerprint density at radius 2 is 1.52 bits per heavy atom. The summed E-state index contributed by atoms with van der Waals surface area (Å²) in [5.74, 6) is 0. The zero-order chi connectivity index (χ0) is 16.9. The van der Waals surface area contributed by atoms with E-state index in [0.717, 1.165) is 0 Å². The van der Waals surface area contributed by atoms with Gasteiger partial charge in [-0.3, -0.25) is 0 Å². The van der Waals surface area contributed by atoms with Crippen molar-refractivity contribution >= 4 is 10.9 Å². The van der Waals surface area contributed by atoms with Crippen LogP contribution in [-0.2, 0) is 13.0 Å². The molecule has 0 spiro atoms. The van der Waals surface area contributed by atoms with Crippen molar-refractivity contribution in [2.24, 2.45) is 0 Å². The minimum absolute atomic E-state index is 1.18. The topological polar surface area (TPSA) is 24.7 Å². The second-order valence-corrected chi connectivity index (χ2v) is 7.38. The molecule has 0 atom stereocenters. The Balaban J connectivity index is 1.21. The third kappa shape index (κ3) is 4.12. The number of fused-ring (bicyclic) bond motifs is 1. The highest BCUT2D eigenvalue weighted by molar-refractivity contribution is 5.82. The van der Waals surface area contributed by atoms with E-state index in [9.17, 15) is 0 Å². The van der Waals surface area contributed by atoms with E-state index in [0.29, 0.717) is 0 Å². The number of piperazine rings is 1. The van der Waals surface area contributed by atoms with Gasteiger partial charge in [-0.15, -0.1) is 0 Å². The summed E-state index contributed by atoms with van der Waals surface area (Å²) in [7, 11) is 0. The van der Waals surface area contributed by atoms with E-state index in [1.165, 1.54) is 74.1 Å². The van der Waals surface area contributed by atoms with Crippen LogP contribution in [0.3, 0.4) is 0 Å². The fourth-order valence-corrected chi connectivity index (χ4v) is 4.14. The van der Waals surface area contributed by atoms with E-state index in [1.807, 2.05) is 0 Å². The molecule has 0 bridgehead atoms. The molecule has 4 rings (SSSR count). The molecule has 1 aliphatic rings. The summed E-state index contributed by atoms with van der Waals surface area (Å²) >= 11 is 0. The van der Waals surface area contributed by atoms with Crippen molar-refractivity contribution in [2.45, 2.75) is 19.4 Å². The molecule has 1 aromatic heterocycles. The van der Waals surface area contributed by atoms with Gasteiger partial charge >= 0.3 is 0 Å². The van der Waals surface area contributed by atoms with Gasteiger partial charge in [0.15, 0.2) is 0 Å². The molecule has 3 heteroatoms. The van der Waals surface area contributed by atoms with Gasteiger partial charge in [0.05, 0.1) is 6.54 Å². The molecule has 1 saturated heterocycles. The highest BCUT2D eigenvalue weighted by Crippen LogP contribution is 2.18. The number of para-hydroxylation sites is 1. The van der Waals surface area contributed by atoms with Gasteiger partial charge in [-0.1, -0.05) is 48.5 Å². The number of rotatable bonds is 6. The zero-order valence-electron chi connectivity index (χ0n) is 14.9. The smallest absolute Gasteiger partial charge is 0.127 e. The van der Waals surface area contributed by atoms with Crippen LogP contribution in [0.25, 0.3) is 10.9 Å². The molecule has 25 heavy (non-hydrogen) atoms. The van der Waals surface area contributed by atoms with Crippen LogP contribution in [0.15, 0.2) is 60.8 Å². The van der Waals surface area contributed by atoms with Crippen LogP contribution in [0.5, 0.6) is 0 Å². The molecular formula is C22H29N3+2. The van der Waals surface area contributed by atoms with Crippen LogP contribution < -0.4 is 9.80 Å². The fraction of sp³-hybridized carbons (Fsp3) is 0.364. The van der Waals surface area contributed by atoms with Crippen LogP contribution in [-0.4, -0.2) is 37.7 Å². The maximum atomic E-state index is 3.40. The number of hydrogen-bond donors (Lipinski definition) is 3. The quantitative estimate of drug-likeness (QED) is 0.601. The summed E-state index contributed by atoms with van der Waals surface area (Å²) in [6.07, 6.45) is 4.67. The number of benzene rings is 2. The molecule has 3 N–H and O–H groups in total. The van der Waals surface area contributed by atoms with Crippen molar-refractivity contribution < 1.29 is 9.80 Å². The SMILES string of the molecule is c1ccc(C[NH+]2CC[NH+](CCCc3c[nH]c4ccccc34)CC2)cc1. The standard InChI is InChI=1S/C22H27N3/c1-2-7-19(8-3-1)18-25-15-13-24(14-16-25)12-6-9-20-17-23-22-11-5-4-10-21(20)22/h1-5,7-8,10-11,17,23H,6,9,12-16,18H2/p+2. The van der Waals surface area contributed by atoms with Crippen LogP contribution in [0.2, 0.25) is 0 Å². The van der Waals surface area contributed by atoms with Gasteiger partial charge < -0.3 is 14.8 Å². The number of hydrogen-bond acceptors (Lipinski definition) is 0. The lowest BCUT2D eigenvalue weighted by Crippen LogP contribution is -3.27. The van der Waals surface area contributed by atoms with E-state index < -0.39 is 0 Å². The highest BCUT2D eigenvalue weighted by atomic mass is 15.3. The first-order valence-electron chi connectivity index (χ1n) is 9.64. The lowest BCUT2D eigenvalue weighted by Gasteiger charge is -2.29. The summed E-state index contributed by atoms with van der Waals surface area (Å²) in [6, 6.07) is 19.6. The van der Waals surface area contributed by atoms with E-state index in [-0.39, 0.29) is 0 Å². The number of aromatic nitrogens is 1. The van der Waals surface area contributed by atoms with Gasteiger partial charge in [0.25, 0.3) is 0 Å². The Hall–Kier alpha value is -2.10. The fourth-order valence-electron chi connectivity index (χ4n) is 4.14. The molecular weight excluding hydrogens is 306 g/mol. The predicted molar refractivity (Wildman–Crippen MR) is 103 cm³/mol. The van der Waals surface area contributed by atoms with Gasteiger partial charge in [0.1, 0.15) is 32.7 Å². The summed E-state index contributed by atoms with van der Waals surface area (Å²) < 4.78 is 0. The molecule has 1 aliphatic heterocycles. The van der Waals surface area contributed by atoms with E-state index in [1.54, 1.807) is 9.80 Å². The maximum Gasteiger partial charge on any atom is 0.127 e.